The van der Waals surface area contributed by atoms with Gasteiger partial charge in [0.05, 0.1) is 6.10 Å². The molecule has 0 aliphatic rings. The van der Waals surface area contributed by atoms with Crippen LogP contribution in [0.4, 0.5) is 0 Å². The quantitative estimate of drug-likeness (QED) is 0.527. The van der Waals surface area contributed by atoms with E-state index in [0.29, 0.717) is 0 Å². The van der Waals surface area contributed by atoms with Gasteiger partial charge in [-0.05, 0) is 0 Å². The molecule has 0 aliphatic carbocycles. The molecule has 0 heterocycles. The molecular weight excluding hydrogens is 248 g/mol. The largest absolute Gasteiger partial charge is 0.550 e. The Hall–Kier alpha value is -0.360. The summed E-state index contributed by atoms with van der Waals surface area (Å²) in [7, 11) is 0. The smallest absolute Gasteiger partial charge is 0.0644 e. The van der Waals surface area contributed by atoms with Crippen LogP contribution in [0, 0.1) is 0 Å². The molecule has 1 radical (unpaired) electrons. The van der Waals surface area contributed by atoms with E-state index in [1.54, 1.807) is 0 Å². The first kappa shape index (κ1) is 13.2. The van der Waals surface area contributed by atoms with Crippen molar-refractivity contribution in [2.75, 3.05) is 0 Å². The van der Waals surface area contributed by atoms with E-state index in [1.807, 2.05) is 0 Å². The number of aliphatic carboxylic acids is 2. The zero-order chi connectivity index (χ0) is 8.15. The predicted molar refractivity (Wildman–Crippen MR) is 25.3 cm³/mol. The Bertz CT molecular complexity index is 130. The van der Waals surface area contributed by atoms with Crippen LogP contribution in [0.3, 0.4) is 0 Å². The van der Waals surface area contributed by atoms with Crippen molar-refractivity contribution in [3.63, 3.8) is 0 Å². The minimum Gasteiger partial charge on any atom is -0.550 e. The summed E-state index contributed by atoms with van der Waals surface area (Å²) in [6.07, 6.45) is -2.75. The van der Waals surface area contributed by atoms with Crippen molar-refractivity contribution in [3.8, 4) is 0 Å². The number of aliphatic hydroxyl groups is 1. The summed E-state index contributed by atoms with van der Waals surface area (Å²) in [6.45, 7) is 0. The Morgan fingerprint density at radius 1 is 1.18 bits per heavy atom. The fourth-order valence-electron chi connectivity index (χ4n) is 0.457. The second-order valence-corrected chi connectivity index (χ2v) is 1.81. The van der Waals surface area contributed by atoms with Gasteiger partial charge in [-0.3, -0.25) is 0 Å². The number of hydrogen-bond donors (Lipinski definition) is 1. The first-order chi connectivity index (χ1) is 4.52. The number of carbonyl (C=O) groups is 2. The third-order valence-electron chi connectivity index (χ3n) is 0.805. The fraction of sp³-hybridized carbons (Fsp3) is 0.600. The van der Waals surface area contributed by atoms with Gasteiger partial charge in [0.2, 0.25) is 0 Å². The van der Waals surface area contributed by atoms with Crippen LogP contribution in [-0.4, -0.2) is 23.1 Å². The molecule has 0 aromatic heterocycles. The van der Waals surface area contributed by atoms with Crippen molar-refractivity contribution < 1.29 is 47.3 Å². The molecule has 0 unspecified atom stereocenters. The van der Waals surface area contributed by atoms with E-state index in [-0.39, 0.29) is 22.4 Å². The van der Waals surface area contributed by atoms with Gasteiger partial charge in [0.1, 0.15) is 0 Å². The molecule has 0 saturated carbocycles. The fourth-order valence-corrected chi connectivity index (χ4v) is 0.457. The zero-order valence-corrected chi connectivity index (χ0v) is 6.86. The van der Waals surface area contributed by atoms with Crippen LogP contribution >= 0.6 is 0 Å². The summed E-state index contributed by atoms with van der Waals surface area (Å²) in [4.78, 5) is 19.4. The standard InChI is InChI=1S/C5H8O5.Ag/c6-3(1-4(7)8)2-5(9)10;/h3,6H,1-2H2,(H,7,8)(H,9,10);/p-2. The van der Waals surface area contributed by atoms with Gasteiger partial charge in [0.25, 0.3) is 0 Å². The number of rotatable bonds is 4. The molecule has 11 heavy (non-hydrogen) atoms. The third-order valence-corrected chi connectivity index (χ3v) is 0.805. The molecule has 69 valence electrons. The number of carbonyl (C=O) groups excluding carboxylic acids is 2. The number of hydrogen-bond acceptors (Lipinski definition) is 5. The van der Waals surface area contributed by atoms with Crippen molar-refractivity contribution >= 4 is 11.9 Å². The molecule has 6 heteroatoms. The SMILES string of the molecule is O=C([O-])CC(O)CC(=O)[O-].[Ag]. The van der Waals surface area contributed by atoms with Crippen LogP contribution in [0.15, 0.2) is 0 Å². The van der Waals surface area contributed by atoms with E-state index in [1.165, 1.54) is 0 Å². The molecular formula is C5H6AgO5-2. The minimum absolute atomic E-state index is 0. The van der Waals surface area contributed by atoms with Crippen molar-refractivity contribution in [3.05, 3.63) is 0 Å². The van der Waals surface area contributed by atoms with Gasteiger partial charge in [-0.1, -0.05) is 0 Å². The molecule has 0 aromatic rings. The van der Waals surface area contributed by atoms with E-state index in [2.05, 4.69) is 0 Å². The Balaban J connectivity index is 0. The van der Waals surface area contributed by atoms with Crippen LogP contribution in [0.1, 0.15) is 12.8 Å². The molecule has 0 bridgehead atoms. The summed E-state index contributed by atoms with van der Waals surface area (Å²) in [5.74, 6) is -2.96. The Morgan fingerprint density at radius 3 is 1.64 bits per heavy atom. The van der Waals surface area contributed by atoms with E-state index in [0.717, 1.165) is 0 Å². The normalized spacial score (nSPS) is 8.91. The maximum Gasteiger partial charge on any atom is 0.0644 e. The van der Waals surface area contributed by atoms with Gasteiger partial charge in [-0.15, -0.1) is 0 Å². The van der Waals surface area contributed by atoms with Gasteiger partial charge in [0, 0.05) is 47.2 Å². The Morgan fingerprint density at radius 2 is 1.45 bits per heavy atom. The summed E-state index contributed by atoms with van der Waals surface area (Å²) < 4.78 is 0. The van der Waals surface area contributed by atoms with Gasteiger partial charge in [-0.25, -0.2) is 0 Å². The van der Waals surface area contributed by atoms with Gasteiger partial charge < -0.3 is 24.9 Å². The average Bonchev–Trinajstić information content (AvgIpc) is 1.58. The second kappa shape index (κ2) is 6.36. The van der Waals surface area contributed by atoms with Gasteiger partial charge in [0.15, 0.2) is 0 Å². The average molecular weight is 254 g/mol. The van der Waals surface area contributed by atoms with E-state index < -0.39 is 30.9 Å². The zero-order valence-electron chi connectivity index (χ0n) is 5.37. The number of carboxylic acid groups (broad SMARTS) is 2. The van der Waals surface area contributed by atoms with Crippen LogP contribution in [-0.2, 0) is 32.0 Å². The molecule has 0 fully saturated rings. The van der Waals surface area contributed by atoms with E-state index >= 15 is 0 Å². The first-order valence-corrected chi connectivity index (χ1v) is 2.60. The molecule has 0 amide bonds. The molecule has 0 atom stereocenters. The maximum absolute atomic E-state index is 9.71. The van der Waals surface area contributed by atoms with Crippen molar-refractivity contribution in [2.45, 2.75) is 18.9 Å². The minimum atomic E-state index is -1.48. The summed E-state index contributed by atoms with van der Waals surface area (Å²) in [5, 5.41) is 28.0. The molecule has 1 N–H and O–H groups in total. The molecule has 0 aromatic carbocycles. The maximum atomic E-state index is 9.71. The Labute approximate surface area is 78.5 Å². The van der Waals surface area contributed by atoms with Gasteiger partial charge in [-0.2, -0.15) is 0 Å². The third kappa shape index (κ3) is 9.64. The number of carboxylic acids is 2. The topological polar surface area (TPSA) is 100 Å². The van der Waals surface area contributed by atoms with E-state index in [9.17, 15) is 19.8 Å². The van der Waals surface area contributed by atoms with Gasteiger partial charge >= 0.3 is 0 Å². The monoisotopic (exact) mass is 253 g/mol. The summed E-state index contributed by atoms with van der Waals surface area (Å²) in [5.41, 5.74) is 0. The molecule has 0 saturated heterocycles. The molecule has 0 spiro atoms. The Kier molecular flexibility index (Phi) is 7.65. The first-order valence-electron chi connectivity index (χ1n) is 2.60. The van der Waals surface area contributed by atoms with Crippen molar-refractivity contribution in [1.29, 1.82) is 0 Å². The van der Waals surface area contributed by atoms with Crippen molar-refractivity contribution in [2.24, 2.45) is 0 Å². The van der Waals surface area contributed by atoms with Crippen LogP contribution in [0.25, 0.3) is 0 Å². The van der Waals surface area contributed by atoms with Crippen molar-refractivity contribution in [1.82, 2.24) is 0 Å². The molecule has 5 nitrogen and oxygen atoms in total. The molecule has 0 aliphatic heterocycles. The van der Waals surface area contributed by atoms with E-state index in [4.69, 9.17) is 5.11 Å². The second-order valence-electron chi connectivity index (χ2n) is 1.81. The predicted octanol–water partition coefficient (Wildman–Crippen LogP) is -3.38. The number of aliphatic hydroxyl groups excluding tert-OH is 1. The molecule has 0 rings (SSSR count). The summed E-state index contributed by atoms with van der Waals surface area (Å²) in [6, 6.07) is 0. The van der Waals surface area contributed by atoms with Crippen LogP contribution < -0.4 is 10.2 Å². The summed E-state index contributed by atoms with van der Waals surface area (Å²) >= 11 is 0. The van der Waals surface area contributed by atoms with Crippen LogP contribution in [0.2, 0.25) is 0 Å². The van der Waals surface area contributed by atoms with Crippen LogP contribution in [0.5, 0.6) is 0 Å².